The fourth-order valence-corrected chi connectivity index (χ4v) is 4.53. The van der Waals surface area contributed by atoms with Gasteiger partial charge < -0.3 is 4.90 Å². The average molecular weight is 407 g/mol. The van der Waals surface area contributed by atoms with Crippen LogP contribution in [0.15, 0.2) is 48.7 Å². The van der Waals surface area contributed by atoms with E-state index in [1.165, 1.54) is 6.26 Å². The Labute approximate surface area is 170 Å². The Morgan fingerprint density at radius 2 is 1.90 bits per heavy atom. The SMILES string of the molecule is CS(=O)(=O)CN1CCN(c2cc3cccnc3c(-c3cccc(C#N)c3)n2)CC1. The summed E-state index contributed by atoms with van der Waals surface area (Å²) in [5.41, 5.74) is 2.97. The summed E-state index contributed by atoms with van der Waals surface area (Å²) < 4.78 is 23.1. The van der Waals surface area contributed by atoms with Crippen LogP contribution in [0.1, 0.15) is 5.56 Å². The number of pyridine rings is 2. The molecule has 0 bridgehead atoms. The van der Waals surface area contributed by atoms with Crippen LogP contribution in [0.3, 0.4) is 0 Å². The first-order chi connectivity index (χ1) is 13.9. The second-order valence-electron chi connectivity index (χ2n) is 7.26. The van der Waals surface area contributed by atoms with Crippen molar-refractivity contribution in [3.05, 3.63) is 54.2 Å². The van der Waals surface area contributed by atoms with Crippen LogP contribution >= 0.6 is 0 Å². The molecule has 8 heteroatoms. The fraction of sp³-hybridized carbons (Fsp3) is 0.286. The molecule has 0 aliphatic carbocycles. The van der Waals surface area contributed by atoms with Gasteiger partial charge in [0.05, 0.1) is 22.8 Å². The summed E-state index contributed by atoms with van der Waals surface area (Å²) in [4.78, 5) is 13.5. The number of nitriles is 1. The van der Waals surface area contributed by atoms with E-state index in [1.807, 2.05) is 41.3 Å². The highest BCUT2D eigenvalue weighted by atomic mass is 32.2. The Balaban J connectivity index is 1.69. The van der Waals surface area contributed by atoms with E-state index in [2.05, 4.69) is 16.0 Å². The number of benzene rings is 1. The van der Waals surface area contributed by atoms with E-state index in [0.717, 1.165) is 28.0 Å². The summed E-state index contributed by atoms with van der Waals surface area (Å²) in [6, 6.07) is 15.5. The van der Waals surface area contributed by atoms with E-state index in [-0.39, 0.29) is 5.88 Å². The molecule has 29 heavy (non-hydrogen) atoms. The van der Waals surface area contributed by atoms with Crippen molar-refractivity contribution in [2.24, 2.45) is 0 Å². The van der Waals surface area contributed by atoms with Crippen LogP contribution in [-0.4, -0.2) is 61.6 Å². The zero-order valence-electron chi connectivity index (χ0n) is 16.1. The van der Waals surface area contributed by atoms with E-state index in [4.69, 9.17) is 4.98 Å². The van der Waals surface area contributed by atoms with Gasteiger partial charge in [-0.3, -0.25) is 9.88 Å². The van der Waals surface area contributed by atoms with Gasteiger partial charge in [0.15, 0.2) is 9.84 Å². The summed E-state index contributed by atoms with van der Waals surface area (Å²) in [6.07, 6.45) is 3.00. The summed E-state index contributed by atoms with van der Waals surface area (Å²) in [7, 11) is -3.03. The standard InChI is InChI=1S/C21H21N5O2S/c1-29(27,28)15-25-8-10-26(11-9-25)19-13-18-6-3-7-23-20(18)21(24-19)17-5-2-4-16(12-17)14-22/h2-7,12-13H,8-11,15H2,1H3. The van der Waals surface area contributed by atoms with Gasteiger partial charge in [0.25, 0.3) is 0 Å². The molecule has 4 rings (SSSR count). The number of aromatic nitrogens is 2. The van der Waals surface area contributed by atoms with E-state index in [0.29, 0.717) is 31.7 Å². The predicted molar refractivity (Wildman–Crippen MR) is 113 cm³/mol. The second-order valence-corrected chi connectivity index (χ2v) is 9.37. The molecule has 1 saturated heterocycles. The summed E-state index contributed by atoms with van der Waals surface area (Å²) in [5, 5.41) is 10.2. The monoisotopic (exact) mass is 407 g/mol. The van der Waals surface area contributed by atoms with Crippen LogP contribution in [0, 0.1) is 11.3 Å². The number of hydrogen-bond acceptors (Lipinski definition) is 7. The third-order valence-electron chi connectivity index (χ3n) is 4.95. The molecule has 0 spiro atoms. The molecule has 0 unspecified atom stereocenters. The first kappa shape index (κ1) is 19.3. The number of sulfone groups is 1. The van der Waals surface area contributed by atoms with Crippen LogP contribution in [0.25, 0.3) is 22.2 Å². The van der Waals surface area contributed by atoms with Gasteiger partial charge in [-0.05, 0) is 24.3 Å². The lowest BCUT2D eigenvalue weighted by Crippen LogP contribution is -2.48. The molecule has 3 heterocycles. The molecule has 1 aromatic carbocycles. The zero-order valence-corrected chi connectivity index (χ0v) is 16.9. The number of rotatable bonds is 4. The van der Waals surface area contributed by atoms with Gasteiger partial charge in [0, 0.05) is 49.6 Å². The maximum atomic E-state index is 11.6. The van der Waals surface area contributed by atoms with Gasteiger partial charge in [-0.25, -0.2) is 13.4 Å². The molecular weight excluding hydrogens is 386 g/mol. The number of hydrogen-bond donors (Lipinski definition) is 0. The molecule has 7 nitrogen and oxygen atoms in total. The topological polar surface area (TPSA) is 90.2 Å². The van der Waals surface area contributed by atoms with Crippen LogP contribution in [-0.2, 0) is 9.84 Å². The van der Waals surface area contributed by atoms with Crippen LogP contribution in [0.4, 0.5) is 5.82 Å². The second kappa shape index (κ2) is 7.78. The Bertz CT molecular complexity index is 1200. The van der Waals surface area contributed by atoms with Crippen LogP contribution in [0.5, 0.6) is 0 Å². The summed E-state index contributed by atoms with van der Waals surface area (Å²) in [5.74, 6) is 0.920. The molecule has 148 valence electrons. The quantitative estimate of drug-likeness (QED) is 0.655. The van der Waals surface area contributed by atoms with E-state index in [9.17, 15) is 13.7 Å². The van der Waals surface area contributed by atoms with Crippen molar-refractivity contribution in [2.75, 3.05) is 43.2 Å². The Morgan fingerprint density at radius 3 is 2.62 bits per heavy atom. The van der Waals surface area contributed by atoms with E-state index < -0.39 is 9.84 Å². The first-order valence-corrected chi connectivity index (χ1v) is 11.4. The predicted octanol–water partition coefficient (Wildman–Crippen LogP) is 2.29. The first-order valence-electron chi connectivity index (χ1n) is 9.34. The minimum Gasteiger partial charge on any atom is -0.354 e. The van der Waals surface area contributed by atoms with E-state index >= 15 is 0 Å². The molecule has 2 aromatic heterocycles. The Morgan fingerprint density at radius 1 is 1.10 bits per heavy atom. The van der Waals surface area contributed by atoms with Gasteiger partial charge in [-0.2, -0.15) is 5.26 Å². The summed E-state index contributed by atoms with van der Waals surface area (Å²) in [6.45, 7) is 2.73. The highest BCUT2D eigenvalue weighted by molar-refractivity contribution is 7.90. The van der Waals surface area contributed by atoms with E-state index in [1.54, 1.807) is 12.3 Å². The maximum Gasteiger partial charge on any atom is 0.160 e. The molecule has 0 amide bonds. The highest BCUT2D eigenvalue weighted by Gasteiger charge is 2.22. The maximum absolute atomic E-state index is 11.6. The third-order valence-corrected chi connectivity index (χ3v) is 5.79. The third kappa shape index (κ3) is 4.36. The van der Waals surface area contributed by atoms with Crippen LogP contribution < -0.4 is 4.90 Å². The number of nitrogens with zero attached hydrogens (tertiary/aromatic N) is 5. The lowest BCUT2D eigenvalue weighted by molar-refractivity contribution is 0.294. The molecule has 0 N–H and O–H groups in total. The number of anilines is 1. The molecule has 0 atom stereocenters. The van der Waals surface area contributed by atoms with Crippen molar-refractivity contribution < 1.29 is 8.42 Å². The van der Waals surface area contributed by atoms with Crippen molar-refractivity contribution in [1.82, 2.24) is 14.9 Å². The fourth-order valence-electron chi connectivity index (χ4n) is 3.61. The molecule has 1 fully saturated rings. The average Bonchev–Trinajstić information content (AvgIpc) is 2.72. The lowest BCUT2D eigenvalue weighted by Gasteiger charge is -2.35. The smallest absolute Gasteiger partial charge is 0.160 e. The van der Waals surface area contributed by atoms with Gasteiger partial charge in [-0.15, -0.1) is 0 Å². The normalized spacial score (nSPS) is 15.4. The van der Waals surface area contributed by atoms with Crippen molar-refractivity contribution >= 4 is 26.6 Å². The molecular formula is C21H21N5O2S. The van der Waals surface area contributed by atoms with Crippen molar-refractivity contribution in [2.45, 2.75) is 0 Å². The molecule has 0 radical (unpaired) electrons. The van der Waals surface area contributed by atoms with Crippen LogP contribution in [0.2, 0.25) is 0 Å². The van der Waals surface area contributed by atoms with Crippen molar-refractivity contribution in [1.29, 1.82) is 5.26 Å². The van der Waals surface area contributed by atoms with Crippen molar-refractivity contribution in [3.63, 3.8) is 0 Å². The van der Waals surface area contributed by atoms with Gasteiger partial charge >= 0.3 is 0 Å². The zero-order chi connectivity index (χ0) is 20.4. The highest BCUT2D eigenvalue weighted by Crippen LogP contribution is 2.30. The Hall–Kier alpha value is -3.02. The Kier molecular flexibility index (Phi) is 5.18. The molecule has 3 aromatic rings. The number of piperazine rings is 1. The lowest BCUT2D eigenvalue weighted by atomic mass is 10.1. The van der Waals surface area contributed by atoms with Gasteiger partial charge in [0.2, 0.25) is 0 Å². The van der Waals surface area contributed by atoms with Crippen molar-refractivity contribution in [3.8, 4) is 17.3 Å². The summed E-state index contributed by atoms with van der Waals surface area (Å²) >= 11 is 0. The number of fused-ring (bicyclic) bond motifs is 1. The molecule has 1 aliphatic heterocycles. The van der Waals surface area contributed by atoms with Gasteiger partial charge in [0.1, 0.15) is 11.7 Å². The van der Waals surface area contributed by atoms with Gasteiger partial charge in [-0.1, -0.05) is 18.2 Å². The molecule has 0 saturated carbocycles. The minimum absolute atomic E-state index is 0.0854. The largest absolute Gasteiger partial charge is 0.354 e. The minimum atomic E-state index is -3.03. The molecule has 1 aliphatic rings.